The predicted molar refractivity (Wildman–Crippen MR) is 99.1 cm³/mol. The number of aryl methyl sites for hydroxylation is 1. The highest BCUT2D eigenvalue weighted by molar-refractivity contribution is 6.07. The molecule has 1 aliphatic heterocycles. The fourth-order valence-electron chi connectivity index (χ4n) is 3.26. The van der Waals surface area contributed by atoms with Crippen molar-refractivity contribution < 1.29 is 19.1 Å². The molecule has 0 atom stereocenters. The van der Waals surface area contributed by atoms with Gasteiger partial charge in [0.05, 0.1) is 0 Å². The van der Waals surface area contributed by atoms with Gasteiger partial charge in [-0.05, 0) is 43.0 Å². The van der Waals surface area contributed by atoms with Gasteiger partial charge in [-0.3, -0.25) is 9.59 Å². The molecule has 2 aromatic rings. The van der Waals surface area contributed by atoms with E-state index in [1.165, 1.54) is 0 Å². The minimum absolute atomic E-state index is 0.202. The van der Waals surface area contributed by atoms with Crippen LogP contribution >= 0.6 is 0 Å². The Morgan fingerprint density at radius 3 is 2.26 bits per heavy atom. The van der Waals surface area contributed by atoms with Crippen molar-refractivity contribution in [3.8, 4) is 11.5 Å². The number of carbonyl (C=O) groups excluding carboxylic acids is 2. The molecule has 0 spiro atoms. The lowest BCUT2D eigenvalue weighted by atomic mass is 10.0. The van der Waals surface area contributed by atoms with Crippen molar-refractivity contribution in [2.24, 2.45) is 5.41 Å². The average molecular weight is 366 g/mol. The zero-order valence-electron chi connectivity index (χ0n) is 15.2. The second-order valence-corrected chi connectivity index (χ2v) is 7.12. The zero-order valence-corrected chi connectivity index (χ0v) is 15.2. The minimum Gasteiger partial charge on any atom is -0.454 e. The Labute approximate surface area is 157 Å². The maximum Gasteiger partial charge on any atom is 0.235 e. The first kappa shape index (κ1) is 17.4. The van der Waals surface area contributed by atoms with Crippen molar-refractivity contribution in [2.75, 3.05) is 6.79 Å². The van der Waals surface area contributed by atoms with Gasteiger partial charge in [0, 0.05) is 13.1 Å². The molecular formula is C21H22N2O4. The fraction of sp³-hybridized carbons (Fsp3) is 0.333. The monoisotopic (exact) mass is 366 g/mol. The minimum atomic E-state index is -0.930. The molecule has 0 saturated heterocycles. The number of benzene rings is 2. The Morgan fingerprint density at radius 2 is 1.59 bits per heavy atom. The standard InChI is InChI=1S/C21H22N2O4/c1-14-3-2-4-15(9-14)11-22-19(24)21(7-8-21)20(25)23-12-16-5-6-17-18(10-16)27-13-26-17/h2-6,9-10H,7-8,11-13H2,1H3,(H,22,24)(H,23,25). The van der Waals surface area contributed by atoms with E-state index in [4.69, 9.17) is 9.47 Å². The molecule has 2 amide bonds. The maximum absolute atomic E-state index is 12.6. The number of ether oxygens (including phenoxy) is 2. The van der Waals surface area contributed by atoms with Crippen LogP contribution in [0.4, 0.5) is 0 Å². The van der Waals surface area contributed by atoms with E-state index in [9.17, 15) is 9.59 Å². The molecule has 140 valence electrons. The molecule has 1 aliphatic carbocycles. The van der Waals surface area contributed by atoms with Crippen LogP contribution < -0.4 is 20.1 Å². The lowest BCUT2D eigenvalue weighted by Gasteiger charge is -2.16. The molecule has 2 aliphatic rings. The first-order valence-electron chi connectivity index (χ1n) is 9.07. The molecule has 2 N–H and O–H groups in total. The van der Waals surface area contributed by atoms with Gasteiger partial charge in [0.25, 0.3) is 0 Å². The summed E-state index contributed by atoms with van der Waals surface area (Å²) in [6.45, 7) is 3.01. The summed E-state index contributed by atoms with van der Waals surface area (Å²) >= 11 is 0. The van der Waals surface area contributed by atoms with Gasteiger partial charge in [-0.2, -0.15) is 0 Å². The van der Waals surface area contributed by atoms with Crippen molar-refractivity contribution in [1.82, 2.24) is 10.6 Å². The molecule has 2 aromatic carbocycles. The Hall–Kier alpha value is -3.02. The molecule has 27 heavy (non-hydrogen) atoms. The third kappa shape index (κ3) is 3.60. The van der Waals surface area contributed by atoms with Gasteiger partial charge in [-0.15, -0.1) is 0 Å². The molecule has 1 fully saturated rings. The van der Waals surface area contributed by atoms with Crippen molar-refractivity contribution >= 4 is 11.8 Å². The quantitative estimate of drug-likeness (QED) is 0.770. The normalized spacial score (nSPS) is 15.9. The molecular weight excluding hydrogens is 344 g/mol. The van der Waals surface area contributed by atoms with Crippen LogP contribution in [0, 0.1) is 12.3 Å². The van der Waals surface area contributed by atoms with E-state index in [0.29, 0.717) is 37.4 Å². The van der Waals surface area contributed by atoms with Crippen LogP contribution in [-0.4, -0.2) is 18.6 Å². The Bertz CT molecular complexity index is 890. The summed E-state index contributed by atoms with van der Waals surface area (Å²) in [5, 5.41) is 5.79. The second kappa shape index (κ2) is 6.95. The van der Waals surface area contributed by atoms with E-state index in [0.717, 1.165) is 16.7 Å². The van der Waals surface area contributed by atoms with Crippen LogP contribution in [0.25, 0.3) is 0 Å². The van der Waals surface area contributed by atoms with Crippen LogP contribution in [0.1, 0.15) is 29.5 Å². The van der Waals surface area contributed by atoms with E-state index in [1.807, 2.05) is 49.4 Å². The summed E-state index contributed by atoms with van der Waals surface area (Å²) in [5.41, 5.74) is 2.15. The van der Waals surface area contributed by atoms with E-state index >= 15 is 0 Å². The van der Waals surface area contributed by atoms with Crippen LogP contribution in [0.2, 0.25) is 0 Å². The van der Waals surface area contributed by atoms with Gasteiger partial charge >= 0.3 is 0 Å². The number of hydrogen-bond donors (Lipinski definition) is 2. The van der Waals surface area contributed by atoms with Crippen LogP contribution in [0.3, 0.4) is 0 Å². The summed E-state index contributed by atoms with van der Waals surface area (Å²) in [7, 11) is 0. The molecule has 1 heterocycles. The molecule has 0 unspecified atom stereocenters. The van der Waals surface area contributed by atoms with Crippen LogP contribution in [-0.2, 0) is 22.7 Å². The topological polar surface area (TPSA) is 76.7 Å². The van der Waals surface area contributed by atoms with Gasteiger partial charge in [0.15, 0.2) is 11.5 Å². The van der Waals surface area contributed by atoms with Crippen molar-refractivity contribution in [3.05, 3.63) is 59.2 Å². The molecule has 0 bridgehead atoms. The fourth-order valence-corrected chi connectivity index (χ4v) is 3.26. The summed E-state index contributed by atoms with van der Waals surface area (Å²) in [6.07, 6.45) is 1.17. The number of rotatable bonds is 6. The summed E-state index contributed by atoms with van der Waals surface area (Å²) < 4.78 is 10.6. The largest absolute Gasteiger partial charge is 0.454 e. The first-order valence-corrected chi connectivity index (χ1v) is 9.07. The van der Waals surface area contributed by atoms with Gasteiger partial charge in [0.2, 0.25) is 18.6 Å². The summed E-state index contributed by atoms with van der Waals surface area (Å²) in [5.74, 6) is 0.965. The number of fused-ring (bicyclic) bond motifs is 1. The van der Waals surface area contributed by atoms with Gasteiger partial charge < -0.3 is 20.1 Å². The molecule has 6 nitrogen and oxygen atoms in total. The van der Waals surface area contributed by atoms with Gasteiger partial charge in [-0.25, -0.2) is 0 Å². The van der Waals surface area contributed by atoms with Gasteiger partial charge in [0.1, 0.15) is 5.41 Å². The highest BCUT2D eigenvalue weighted by Crippen LogP contribution is 2.46. The lowest BCUT2D eigenvalue weighted by Crippen LogP contribution is -2.42. The van der Waals surface area contributed by atoms with Crippen molar-refractivity contribution in [2.45, 2.75) is 32.9 Å². The zero-order chi connectivity index (χ0) is 18.9. The highest BCUT2D eigenvalue weighted by Gasteiger charge is 2.56. The number of carbonyl (C=O) groups is 2. The molecule has 6 heteroatoms. The Morgan fingerprint density at radius 1 is 0.926 bits per heavy atom. The summed E-state index contributed by atoms with van der Waals surface area (Å²) in [6, 6.07) is 13.5. The Balaban J connectivity index is 1.33. The van der Waals surface area contributed by atoms with Crippen molar-refractivity contribution in [1.29, 1.82) is 0 Å². The molecule has 4 rings (SSSR count). The number of hydrogen-bond acceptors (Lipinski definition) is 4. The predicted octanol–water partition coefficient (Wildman–Crippen LogP) is 2.44. The highest BCUT2D eigenvalue weighted by atomic mass is 16.7. The lowest BCUT2D eigenvalue weighted by molar-refractivity contribution is -0.137. The molecule has 1 saturated carbocycles. The van der Waals surface area contributed by atoms with E-state index in [-0.39, 0.29) is 18.6 Å². The number of nitrogens with one attached hydrogen (secondary N) is 2. The molecule has 0 radical (unpaired) electrons. The maximum atomic E-state index is 12.6. The van der Waals surface area contributed by atoms with E-state index in [1.54, 1.807) is 0 Å². The smallest absolute Gasteiger partial charge is 0.235 e. The summed E-state index contributed by atoms with van der Waals surface area (Å²) in [4.78, 5) is 25.2. The first-order chi connectivity index (χ1) is 13.1. The van der Waals surface area contributed by atoms with Gasteiger partial charge in [-0.1, -0.05) is 35.9 Å². The third-order valence-corrected chi connectivity index (χ3v) is 5.04. The third-order valence-electron chi connectivity index (χ3n) is 5.04. The van der Waals surface area contributed by atoms with Crippen LogP contribution in [0.15, 0.2) is 42.5 Å². The van der Waals surface area contributed by atoms with E-state index < -0.39 is 5.41 Å². The van der Waals surface area contributed by atoms with Crippen molar-refractivity contribution in [3.63, 3.8) is 0 Å². The number of amides is 2. The van der Waals surface area contributed by atoms with Crippen LogP contribution in [0.5, 0.6) is 11.5 Å². The van der Waals surface area contributed by atoms with E-state index in [2.05, 4.69) is 10.6 Å². The second-order valence-electron chi connectivity index (χ2n) is 7.12. The average Bonchev–Trinajstić information content (AvgIpc) is 3.36. The molecule has 0 aromatic heterocycles. The SMILES string of the molecule is Cc1cccc(CNC(=O)C2(C(=O)NCc3ccc4c(c3)OCO4)CC2)c1. The Kier molecular flexibility index (Phi) is 4.48.